The van der Waals surface area contributed by atoms with E-state index in [1.54, 1.807) is 48.5 Å². The molecule has 3 N–H and O–H groups in total. The number of anilines is 2. The highest BCUT2D eigenvalue weighted by Gasteiger charge is 2.13. The number of nitrogens with one attached hydrogen (secondary N) is 2. The number of carbonyl (C=O) groups is 3. The van der Waals surface area contributed by atoms with Crippen LogP contribution in [0.5, 0.6) is 11.5 Å². The lowest BCUT2D eigenvalue weighted by Gasteiger charge is -2.11. The van der Waals surface area contributed by atoms with Gasteiger partial charge in [0.25, 0.3) is 11.8 Å². The van der Waals surface area contributed by atoms with Crippen molar-refractivity contribution in [3.63, 3.8) is 0 Å². The molecule has 33 heavy (non-hydrogen) atoms. The number of carboxylic acids is 1. The van der Waals surface area contributed by atoms with Gasteiger partial charge < -0.3 is 25.2 Å². The second-order valence-electron chi connectivity index (χ2n) is 6.93. The molecular formula is C25H24N2O6. The highest BCUT2D eigenvalue weighted by molar-refractivity contribution is 6.07. The maximum Gasteiger partial charge on any atom is 0.335 e. The lowest BCUT2D eigenvalue weighted by atomic mass is 10.1. The first-order chi connectivity index (χ1) is 15.9. The van der Waals surface area contributed by atoms with E-state index in [1.807, 2.05) is 13.8 Å². The standard InChI is InChI=1S/C25H24N2O6/c1-3-32-21-9-5-16(6-10-21)23(28)26-19-13-18(25(30)31)14-20(15-19)27-24(29)17-7-11-22(12-8-17)33-4-2/h5-15H,3-4H2,1-2H3,(H,26,28)(H,27,29)(H,30,31). The minimum Gasteiger partial charge on any atom is -0.494 e. The number of carboxylic acid groups (broad SMARTS) is 1. The van der Waals surface area contributed by atoms with Crippen LogP contribution in [0.15, 0.2) is 66.7 Å². The summed E-state index contributed by atoms with van der Waals surface area (Å²) in [5, 5.41) is 14.8. The van der Waals surface area contributed by atoms with E-state index in [4.69, 9.17) is 9.47 Å². The van der Waals surface area contributed by atoms with Gasteiger partial charge in [0.05, 0.1) is 18.8 Å². The minimum atomic E-state index is -1.19. The van der Waals surface area contributed by atoms with E-state index in [0.717, 1.165) is 0 Å². The third-order valence-corrected chi connectivity index (χ3v) is 4.55. The SMILES string of the molecule is CCOc1ccc(C(=O)Nc2cc(NC(=O)c3ccc(OCC)cc3)cc(C(=O)O)c2)cc1. The molecular weight excluding hydrogens is 424 g/mol. The quantitative estimate of drug-likeness (QED) is 0.438. The van der Waals surface area contributed by atoms with E-state index >= 15 is 0 Å². The Morgan fingerprint density at radius 2 is 1.06 bits per heavy atom. The molecule has 0 atom stereocenters. The predicted molar refractivity (Wildman–Crippen MR) is 125 cm³/mol. The van der Waals surface area contributed by atoms with E-state index in [1.165, 1.54) is 18.2 Å². The summed E-state index contributed by atoms with van der Waals surface area (Å²) >= 11 is 0. The van der Waals surface area contributed by atoms with Crippen LogP contribution in [0, 0.1) is 0 Å². The Kier molecular flexibility index (Phi) is 7.64. The third kappa shape index (κ3) is 6.33. The van der Waals surface area contributed by atoms with Gasteiger partial charge in [-0.2, -0.15) is 0 Å². The summed E-state index contributed by atoms with van der Waals surface area (Å²) in [5.74, 6) is -0.764. The Morgan fingerprint density at radius 3 is 1.39 bits per heavy atom. The maximum atomic E-state index is 12.6. The Balaban J connectivity index is 1.78. The van der Waals surface area contributed by atoms with E-state index in [-0.39, 0.29) is 16.9 Å². The van der Waals surface area contributed by atoms with Crippen LogP contribution in [0.3, 0.4) is 0 Å². The van der Waals surface area contributed by atoms with Crippen molar-refractivity contribution in [2.45, 2.75) is 13.8 Å². The zero-order valence-corrected chi connectivity index (χ0v) is 18.3. The molecule has 0 saturated heterocycles. The lowest BCUT2D eigenvalue weighted by Crippen LogP contribution is -2.15. The van der Waals surface area contributed by atoms with Crippen molar-refractivity contribution in [2.75, 3.05) is 23.8 Å². The van der Waals surface area contributed by atoms with Crippen molar-refractivity contribution in [3.8, 4) is 11.5 Å². The molecule has 0 aliphatic rings. The molecule has 3 aromatic carbocycles. The van der Waals surface area contributed by atoms with Crippen LogP contribution in [0.25, 0.3) is 0 Å². The number of rotatable bonds is 9. The highest BCUT2D eigenvalue weighted by atomic mass is 16.5. The molecule has 0 heterocycles. The fourth-order valence-corrected chi connectivity index (χ4v) is 3.04. The van der Waals surface area contributed by atoms with Crippen LogP contribution in [-0.2, 0) is 0 Å². The molecule has 0 spiro atoms. The number of carbonyl (C=O) groups excluding carboxylic acids is 2. The number of hydrogen-bond acceptors (Lipinski definition) is 5. The van der Waals surface area contributed by atoms with Gasteiger partial charge in [0.15, 0.2) is 0 Å². The van der Waals surface area contributed by atoms with Gasteiger partial charge in [0.2, 0.25) is 0 Å². The topological polar surface area (TPSA) is 114 Å². The van der Waals surface area contributed by atoms with Crippen LogP contribution in [0.4, 0.5) is 11.4 Å². The molecule has 0 radical (unpaired) electrons. The number of amides is 2. The van der Waals surface area contributed by atoms with E-state index < -0.39 is 17.8 Å². The summed E-state index contributed by atoms with van der Waals surface area (Å²) in [4.78, 5) is 36.8. The number of benzene rings is 3. The molecule has 8 nitrogen and oxygen atoms in total. The first-order valence-electron chi connectivity index (χ1n) is 10.4. The molecule has 0 aromatic heterocycles. The molecule has 0 aliphatic heterocycles. The zero-order valence-electron chi connectivity index (χ0n) is 18.3. The van der Waals surface area contributed by atoms with Crippen molar-refractivity contribution in [2.24, 2.45) is 0 Å². The minimum absolute atomic E-state index is 0.0820. The van der Waals surface area contributed by atoms with Gasteiger partial charge in [-0.05, 0) is 80.6 Å². The average Bonchev–Trinajstić information content (AvgIpc) is 2.80. The first-order valence-corrected chi connectivity index (χ1v) is 10.4. The van der Waals surface area contributed by atoms with Crippen molar-refractivity contribution >= 4 is 29.2 Å². The molecule has 0 unspecified atom stereocenters. The summed E-state index contributed by atoms with van der Waals surface area (Å²) in [5.41, 5.74) is 1.13. The van der Waals surface area contributed by atoms with Crippen LogP contribution >= 0.6 is 0 Å². The summed E-state index contributed by atoms with van der Waals surface area (Å²) in [7, 11) is 0. The molecule has 0 fully saturated rings. The van der Waals surface area contributed by atoms with Crippen molar-refractivity contribution in [1.82, 2.24) is 0 Å². The second-order valence-corrected chi connectivity index (χ2v) is 6.93. The maximum absolute atomic E-state index is 12.6. The van der Waals surface area contributed by atoms with Crippen molar-refractivity contribution in [3.05, 3.63) is 83.4 Å². The number of aromatic carboxylic acids is 1. The zero-order chi connectivity index (χ0) is 23.8. The fourth-order valence-electron chi connectivity index (χ4n) is 3.04. The first kappa shape index (κ1) is 23.3. The Labute approximate surface area is 191 Å². The Hall–Kier alpha value is -4.33. The summed E-state index contributed by atoms with van der Waals surface area (Å²) in [6, 6.07) is 17.3. The molecule has 2 amide bonds. The normalized spacial score (nSPS) is 10.2. The van der Waals surface area contributed by atoms with Gasteiger partial charge in [0, 0.05) is 22.5 Å². The second kappa shape index (κ2) is 10.8. The molecule has 3 aromatic rings. The van der Waals surface area contributed by atoms with Gasteiger partial charge in [0.1, 0.15) is 11.5 Å². The smallest absolute Gasteiger partial charge is 0.335 e. The van der Waals surface area contributed by atoms with Gasteiger partial charge in [-0.15, -0.1) is 0 Å². The van der Waals surface area contributed by atoms with Crippen molar-refractivity contribution in [1.29, 1.82) is 0 Å². The predicted octanol–water partition coefficient (Wildman–Crippen LogP) is 4.69. The van der Waals surface area contributed by atoms with Crippen LogP contribution in [0.1, 0.15) is 44.9 Å². The fraction of sp³-hybridized carbons (Fsp3) is 0.160. The third-order valence-electron chi connectivity index (χ3n) is 4.55. The largest absolute Gasteiger partial charge is 0.494 e. The van der Waals surface area contributed by atoms with E-state index in [9.17, 15) is 19.5 Å². The van der Waals surface area contributed by atoms with Gasteiger partial charge in [-0.1, -0.05) is 0 Å². The molecule has 0 bridgehead atoms. The number of ether oxygens (including phenoxy) is 2. The Morgan fingerprint density at radius 1 is 0.667 bits per heavy atom. The summed E-state index contributed by atoms with van der Waals surface area (Å²) in [6.45, 7) is 4.75. The summed E-state index contributed by atoms with van der Waals surface area (Å²) < 4.78 is 10.7. The summed E-state index contributed by atoms with van der Waals surface area (Å²) in [6.07, 6.45) is 0. The molecule has 8 heteroatoms. The van der Waals surface area contributed by atoms with Crippen LogP contribution < -0.4 is 20.1 Å². The van der Waals surface area contributed by atoms with Gasteiger partial charge in [-0.25, -0.2) is 4.79 Å². The molecule has 0 aliphatic carbocycles. The van der Waals surface area contributed by atoms with E-state index in [2.05, 4.69) is 10.6 Å². The average molecular weight is 448 g/mol. The molecule has 3 rings (SSSR count). The van der Waals surface area contributed by atoms with E-state index in [0.29, 0.717) is 35.8 Å². The molecule has 170 valence electrons. The van der Waals surface area contributed by atoms with Crippen LogP contribution in [0.2, 0.25) is 0 Å². The van der Waals surface area contributed by atoms with Gasteiger partial charge in [-0.3, -0.25) is 9.59 Å². The Bertz CT molecular complexity index is 1060. The van der Waals surface area contributed by atoms with Gasteiger partial charge >= 0.3 is 5.97 Å². The highest BCUT2D eigenvalue weighted by Crippen LogP contribution is 2.22. The lowest BCUT2D eigenvalue weighted by molar-refractivity contribution is 0.0696. The monoisotopic (exact) mass is 448 g/mol. The van der Waals surface area contributed by atoms with Crippen LogP contribution in [-0.4, -0.2) is 36.1 Å². The number of hydrogen-bond donors (Lipinski definition) is 3. The molecule has 0 saturated carbocycles. The van der Waals surface area contributed by atoms with Crippen molar-refractivity contribution < 1.29 is 29.0 Å².